The predicted molar refractivity (Wildman–Crippen MR) is 95.4 cm³/mol. The van der Waals surface area contributed by atoms with Gasteiger partial charge in [0.05, 0.1) is 10.9 Å². The number of aryl methyl sites for hydroxylation is 1. The molecule has 1 N–H and O–H groups in total. The maximum Gasteiger partial charge on any atom is 0.289 e. The normalized spacial score (nSPS) is 22.3. The van der Waals surface area contributed by atoms with Gasteiger partial charge in [-0.2, -0.15) is 0 Å². The number of amides is 2. The van der Waals surface area contributed by atoms with Crippen LogP contribution in [-0.4, -0.2) is 78.2 Å². The third-order valence-corrected chi connectivity index (χ3v) is 6.07. The first-order valence-corrected chi connectivity index (χ1v) is 9.95. The molecule has 1 atom stereocenters. The molecule has 4 heterocycles. The van der Waals surface area contributed by atoms with Gasteiger partial charge in [-0.1, -0.05) is 4.49 Å². The Morgan fingerprint density at radius 2 is 1.93 bits per heavy atom. The number of hydrogen-bond donors (Lipinski definition) is 1. The van der Waals surface area contributed by atoms with E-state index >= 15 is 0 Å². The highest BCUT2D eigenvalue weighted by Gasteiger charge is 2.39. The van der Waals surface area contributed by atoms with E-state index in [-0.39, 0.29) is 23.9 Å². The quantitative estimate of drug-likeness (QED) is 0.778. The van der Waals surface area contributed by atoms with Gasteiger partial charge in [-0.05, 0) is 31.3 Å². The van der Waals surface area contributed by atoms with Crippen LogP contribution in [0.4, 0.5) is 0 Å². The van der Waals surface area contributed by atoms with Crippen LogP contribution in [0.25, 0.3) is 0 Å². The molecule has 0 bridgehead atoms. The van der Waals surface area contributed by atoms with Crippen molar-refractivity contribution in [1.82, 2.24) is 39.5 Å². The highest BCUT2D eigenvalue weighted by molar-refractivity contribution is 7.05. The minimum absolute atomic E-state index is 0.0571. The number of piperazine rings is 1. The molecule has 142 valence electrons. The fraction of sp³-hybridized carbons (Fsp3) is 0.625. The average molecular weight is 388 g/mol. The molecule has 10 nitrogen and oxygen atoms in total. The van der Waals surface area contributed by atoms with Gasteiger partial charge in [0, 0.05) is 38.8 Å². The zero-order valence-electron chi connectivity index (χ0n) is 15.0. The smallest absolute Gasteiger partial charge is 0.289 e. The van der Waals surface area contributed by atoms with Crippen molar-refractivity contribution in [2.75, 3.05) is 26.2 Å². The van der Waals surface area contributed by atoms with Crippen molar-refractivity contribution in [2.45, 2.75) is 38.4 Å². The number of carbonyl (C=O) groups excluding carboxylic acids is 2. The van der Waals surface area contributed by atoms with Gasteiger partial charge in [0.2, 0.25) is 5.82 Å². The molecule has 0 aromatic carbocycles. The van der Waals surface area contributed by atoms with E-state index in [1.54, 1.807) is 4.90 Å². The Morgan fingerprint density at radius 1 is 1.11 bits per heavy atom. The first-order chi connectivity index (χ1) is 13.1. The van der Waals surface area contributed by atoms with E-state index < -0.39 is 0 Å². The Hall–Kier alpha value is -2.40. The summed E-state index contributed by atoms with van der Waals surface area (Å²) < 4.78 is 5.77. The van der Waals surface area contributed by atoms with Crippen LogP contribution in [0.2, 0.25) is 0 Å². The van der Waals surface area contributed by atoms with Crippen molar-refractivity contribution in [2.24, 2.45) is 0 Å². The largest absolute Gasteiger partial charge is 0.347 e. The summed E-state index contributed by atoms with van der Waals surface area (Å²) in [7, 11) is 0. The molecule has 27 heavy (non-hydrogen) atoms. The molecule has 5 rings (SSSR count). The van der Waals surface area contributed by atoms with Gasteiger partial charge in [0.25, 0.3) is 11.8 Å². The molecular weight excluding hydrogens is 368 g/mol. The predicted octanol–water partition coefficient (Wildman–Crippen LogP) is -0.157. The van der Waals surface area contributed by atoms with E-state index in [0.29, 0.717) is 31.2 Å². The minimum Gasteiger partial charge on any atom is -0.347 e. The highest BCUT2D eigenvalue weighted by atomic mass is 32.1. The van der Waals surface area contributed by atoms with Crippen LogP contribution in [-0.2, 0) is 6.54 Å². The second-order valence-corrected chi connectivity index (χ2v) is 8.22. The van der Waals surface area contributed by atoms with Crippen LogP contribution in [0, 0.1) is 6.92 Å². The lowest BCUT2D eigenvalue weighted by molar-refractivity contribution is 0.0368. The molecule has 2 amide bonds. The average Bonchev–Trinajstić information content (AvgIpc) is 3.21. The summed E-state index contributed by atoms with van der Waals surface area (Å²) >= 11 is 1.23. The van der Waals surface area contributed by atoms with Gasteiger partial charge in [0.1, 0.15) is 0 Å². The lowest BCUT2D eigenvalue weighted by atomic mass is 10.1. The molecule has 1 aliphatic carbocycles. The lowest BCUT2D eigenvalue weighted by Gasteiger charge is -2.43. The highest BCUT2D eigenvalue weighted by Crippen LogP contribution is 2.29. The van der Waals surface area contributed by atoms with Crippen molar-refractivity contribution in [3.05, 3.63) is 22.2 Å². The van der Waals surface area contributed by atoms with Crippen molar-refractivity contribution in [3.8, 4) is 0 Å². The van der Waals surface area contributed by atoms with Gasteiger partial charge in [-0.25, -0.2) is 0 Å². The Bertz CT molecular complexity index is 904. The fourth-order valence-electron chi connectivity index (χ4n) is 3.75. The standard InChI is InChI=1S/C16H20N8O2S/c1-9-12(18-21-27-9)16(26)23-5-4-22-6-7-24-13(11(22)8-23)19-20-14(24)15(25)17-10-2-3-10/h10-11H,2-8H2,1H3,(H,17,25)/t11-/m0/s1. The van der Waals surface area contributed by atoms with Crippen LogP contribution in [0.1, 0.15) is 50.7 Å². The third-order valence-electron chi connectivity index (χ3n) is 5.44. The van der Waals surface area contributed by atoms with Gasteiger partial charge in [-0.3, -0.25) is 14.5 Å². The van der Waals surface area contributed by atoms with Gasteiger partial charge < -0.3 is 14.8 Å². The molecule has 0 spiro atoms. The van der Waals surface area contributed by atoms with E-state index in [1.807, 2.05) is 11.5 Å². The topological polar surface area (TPSA) is 109 Å². The van der Waals surface area contributed by atoms with Crippen molar-refractivity contribution < 1.29 is 9.59 Å². The second kappa shape index (κ2) is 6.34. The Balaban J connectivity index is 1.38. The number of rotatable bonds is 3. The van der Waals surface area contributed by atoms with Gasteiger partial charge in [-0.15, -0.1) is 15.3 Å². The monoisotopic (exact) mass is 388 g/mol. The number of carbonyl (C=O) groups is 2. The molecule has 2 aromatic heterocycles. The van der Waals surface area contributed by atoms with E-state index in [9.17, 15) is 9.59 Å². The Morgan fingerprint density at radius 3 is 2.67 bits per heavy atom. The minimum atomic E-state index is -0.155. The van der Waals surface area contributed by atoms with Gasteiger partial charge >= 0.3 is 0 Å². The molecule has 2 fully saturated rings. The van der Waals surface area contributed by atoms with Crippen LogP contribution in [0.15, 0.2) is 0 Å². The van der Waals surface area contributed by atoms with Crippen LogP contribution in [0.5, 0.6) is 0 Å². The maximum atomic E-state index is 12.8. The van der Waals surface area contributed by atoms with Crippen LogP contribution >= 0.6 is 11.5 Å². The van der Waals surface area contributed by atoms with E-state index in [4.69, 9.17) is 0 Å². The summed E-state index contributed by atoms with van der Waals surface area (Å²) in [5, 5.41) is 15.4. The van der Waals surface area contributed by atoms with Crippen molar-refractivity contribution in [1.29, 1.82) is 0 Å². The molecule has 0 radical (unpaired) electrons. The van der Waals surface area contributed by atoms with Crippen molar-refractivity contribution in [3.63, 3.8) is 0 Å². The van der Waals surface area contributed by atoms with Crippen molar-refractivity contribution >= 4 is 23.3 Å². The molecule has 11 heteroatoms. The summed E-state index contributed by atoms with van der Waals surface area (Å²) in [5.41, 5.74) is 0.426. The second-order valence-electron chi connectivity index (χ2n) is 7.26. The fourth-order valence-corrected chi connectivity index (χ4v) is 4.21. The van der Waals surface area contributed by atoms with E-state index in [2.05, 4.69) is 30.0 Å². The summed E-state index contributed by atoms with van der Waals surface area (Å²) in [6, 6.07) is 0.224. The number of nitrogens with one attached hydrogen (secondary N) is 1. The molecule has 0 unspecified atom stereocenters. The summed E-state index contributed by atoms with van der Waals surface area (Å²) in [6.07, 6.45) is 2.07. The summed E-state index contributed by atoms with van der Waals surface area (Å²) in [6.45, 7) is 5.29. The molecule has 1 saturated carbocycles. The molecule has 3 aliphatic rings. The summed E-state index contributed by atoms with van der Waals surface area (Å²) in [5.74, 6) is 0.884. The SMILES string of the molecule is Cc1snnc1C(=O)N1CCN2CCn3c(C(=O)NC4CC4)nnc3[C@@H]2C1. The third kappa shape index (κ3) is 2.90. The first kappa shape index (κ1) is 16.8. The van der Waals surface area contributed by atoms with Gasteiger partial charge in [0.15, 0.2) is 11.5 Å². The molecule has 2 aliphatic heterocycles. The Kier molecular flexibility index (Phi) is 3.93. The van der Waals surface area contributed by atoms with Crippen LogP contribution < -0.4 is 5.32 Å². The van der Waals surface area contributed by atoms with Crippen LogP contribution in [0.3, 0.4) is 0 Å². The number of nitrogens with zero attached hydrogens (tertiary/aromatic N) is 7. The zero-order chi connectivity index (χ0) is 18.5. The Labute approximate surface area is 159 Å². The first-order valence-electron chi connectivity index (χ1n) is 9.18. The maximum absolute atomic E-state index is 12.8. The molecule has 1 saturated heterocycles. The number of aromatic nitrogens is 5. The molecule has 2 aromatic rings. The number of hydrogen-bond acceptors (Lipinski definition) is 8. The van der Waals surface area contributed by atoms with E-state index in [0.717, 1.165) is 36.6 Å². The lowest BCUT2D eigenvalue weighted by Crippen LogP contribution is -2.54. The van der Waals surface area contributed by atoms with E-state index in [1.165, 1.54) is 11.5 Å². The number of fused-ring (bicyclic) bond motifs is 3. The molecular formula is C16H20N8O2S. The zero-order valence-corrected chi connectivity index (χ0v) is 15.8. The summed E-state index contributed by atoms with van der Waals surface area (Å²) in [4.78, 5) is 30.2.